The SMILES string of the molecule is CCCCCC1CCC(C#CC2CCC(C#CC3CCC(CCCCC)CC3)C(C(=O)O)C2)CC1. The van der Waals surface area contributed by atoms with Gasteiger partial charge < -0.3 is 5.11 Å². The monoisotopic (exact) mass is 480 g/mol. The maximum Gasteiger partial charge on any atom is 0.307 e. The molecule has 0 aromatic rings. The van der Waals surface area contributed by atoms with Crippen LogP contribution >= 0.6 is 0 Å². The zero-order chi connectivity index (χ0) is 24.9. The first-order valence-corrected chi connectivity index (χ1v) is 15.3. The van der Waals surface area contributed by atoms with Crippen LogP contribution < -0.4 is 0 Å². The second kappa shape index (κ2) is 15.6. The molecule has 0 aromatic heterocycles. The van der Waals surface area contributed by atoms with E-state index in [1.54, 1.807) is 0 Å². The second-order valence-electron chi connectivity index (χ2n) is 12.1. The summed E-state index contributed by atoms with van der Waals surface area (Å²) in [5.74, 6) is 16.2. The molecule has 0 spiro atoms. The van der Waals surface area contributed by atoms with E-state index in [1.807, 2.05) is 0 Å². The molecule has 3 fully saturated rings. The maximum atomic E-state index is 12.1. The van der Waals surface area contributed by atoms with Crippen molar-refractivity contribution in [3.05, 3.63) is 0 Å². The number of carboxylic acids is 1. The number of hydrogen-bond donors (Lipinski definition) is 1. The predicted octanol–water partition coefficient (Wildman–Crippen LogP) is 8.88. The van der Waals surface area contributed by atoms with Crippen molar-refractivity contribution < 1.29 is 9.90 Å². The highest BCUT2D eigenvalue weighted by molar-refractivity contribution is 5.71. The van der Waals surface area contributed by atoms with Crippen LogP contribution in [-0.4, -0.2) is 11.1 Å². The molecule has 196 valence electrons. The van der Waals surface area contributed by atoms with Crippen LogP contribution in [0.5, 0.6) is 0 Å². The first-order valence-electron chi connectivity index (χ1n) is 15.3. The van der Waals surface area contributed by atoms with Crippen molar-refractivity contribution in [2.75, 3.05) is 0 Å². The molecule has 1 N–H and O–H groups in total. The summed E-state index contributed by atoms with van der Waals surface area (Å²) < 4.78 is 0. The summed E-state index contributed by atoms with van der Waals surface area (Å²) >= 11 is 0. The first kappa shape index (κ1) is 28.2. The van der Waals surface area contributed by atoms with Gasteiger partial charge in [0.05, 0.1) is 5.92 Å². The van der Waals surface area contributed by atoms with E-state index in [1.165, 1.54) is 103 Å². The van der Waals surface area contributed by atoms with Crippen molar-refractivity contribution in [1.82, 2.24) is 0 Å². The Bertz CT molecular complexity index is 731. The van der Waals surface area contributed by atoms with Gasteiger partial charge in [-0.3, -0.25) is 4.79 Å². The molecule has 0 aliphatic heterocycles. The van der Waals surface area contributed by atoms with E-state index in [2.05, 4.69) is 37.5 Å². The summed E-state index contributed by atoms with van der Waals surface area (Å²) in [5.41, 5.74) is 0. The minimum Gasteiger partial charge on any atom is -0.481 e. The lowest BCUT2D eigenvalue weighted by atomic mass is 9.73. The molecular weight excluding hydrogens is 428 g/mol. The second-order valence-corrected chi connectivity index (χ2v) is 12.1. The standard InChI is InChI=1S/C33H52O2/c1-3-5-7-9-26-11-15-28(16-12-26)19-20-30-22-24-31(32(25-30)33(34)35)23-21-29-17-13-27(14-18-29)10-8-6-4-2/h26-32H,3-18,22,24-25H2,1-2H3,(H,34,35). The van der Waals surface area contributed by atoms with Gasteiger partial charge in [-0.1, -0.05) is 88.9 Å². The molecular formula is C33H52O2. The van der Waals surface area contributed by atoms with Crippen LogP contribution in [-0.2, 0) is 4.79 Å². The van der Waals surface area contributed by atoms with Crippen molar-refractivity contribution in [2.24, 2.45) is 41.4 Å². The Balaban J connectivity index is 1.42. The van der Waals surface area contributed by atoms with Crippen LogP contribution in [0, 0.1) is 65.1 Å². The third kappa shape index (κ3) is 9.87. The van der Waals surface area contributed by atoms with E-state index < -0.39 is 5.97 Å². The molecule has 3 aliphatic rings. The topological polar surface area (TPSA) is 37.3 Å². The van der Waals surface area contributed by atoms with E-state index in [0.717, 1.165) is 24.7 Å². The van der Waals surface area contributed by atoms with Gasteiger partial charge in [0, 0.05) is 23.7 Å². The molecule has 0 heterocycles. The Labute approximate surface area is 216 Å². The summed E-state index contributed by atoms with van der Waals surface area (Å²) in [5, 5.41) is 9.92. The lowest BCUT2D eigenvalue weighted by molar-refractivity contribution is -0.144. The normalized spacial score (nSPS) is 33.1. The Kier molecular flexibility index (Phi) is 12.6. The minimum absolute atomic E-state index is 0.0198. The predicted molar refractivity (Wildman–Crippen MR) is 147 cm³/mol. The summed E-state index contributed by atoms with van der Waals surface area (Å²) in [6.07, 6.45) is 23.7. The molecule has 0 aromatic carbocycles. The van der Waals surface area contributed by atoms with Gasteiger partial charge in [-0.05, 0) is 82.5 Å². The summed E-state index contributed by atoms with van der Waals surface area (Å²) in [6.45, 7) is 4.56. The largest absolute Gasteiger partial charge is 0.481 e. The van der Waals surface area contributed by atoms with E-state index in [-0.39, 0.29) is 17.8 Å². The summed E-state index contributed by atoms with van der Waals surface area (Å²) in [6, 6.07) is 0. The molecule has 0 radical (unpaired) electrons. The first-order chi connectivity index (χ1) is 17.1. The van der Waals surface area contributed by atoms with Crippen LogP contribution in [0.2, 0.25) is 0 Å². The van der Waals surface area contributed by atoms with Crippen molar-refractivity contribution in [3.63, 3.8) is 0 Å². The molecule has 3 unspecified atom stereocenters. The molecule has 0 saturated heterocycles. The third-order valence-corrected chi connectivity index (χ3v) is 9.26. The quantitative estimate of drug-likeness (QED) is 0.264. The molecule has 0 bridgehead atoms. The Morgan fingerprint density at radius 2 is 1.09 bits per heavy atom. The van der Waals surface area contributed by atoms with E-state index in [4.69, 9.17) is 0 Å². The molecule has 3 atom stereocenters. The summed E-state index contributed by atoms with van der Waals surface area (Å²) in [7, 11) is 0. The summed E-state index contributed by atoms with van der Waals surface area (Å²) in [4.78, 5) is 12.1. The fourth-order valence-corrected chi connectivity index (χ4v) is 6.76. The zero-order valence-electron chi connectivity index (χ0n) is 22.8. The lowest BCUT2D eigenvalue weighted by Gasteiger charge is -2.29. The van der Waals surface area contributed by atoms with Gasteiger partial charge in [-0.2, -0.15) is 0 Å². The fraction of sp³-hybridized carbons (Fsp3) is 0.848. The fourth-order valence-electron chi connectivity index (χ4n) is 6.76. The van der Waals surface area contributed by atoms with Crippen LogP contribution in [0.25, 0.3) is 0 Å². The Morgan fingerprint density at radius 1 is 0.629 bits per heavy atom. The van der Waals surface area contributed by atoms with Gasteiger partial charge in [0.1, 0.15) is 0 Å². The molecule has 2 nitrogen and oxygen atoms in total. The molecule has 3 saturated carbocycles. The van der Waals surface area contributed by atoms with Gasteiger partial charge in [-0.15, -0.1) is 0 Å². The highest BCUT2D eigenvalue weighted by atomic mass is 16.4. The van der Waals surface area contributed by atoms with Crippen molar-refractivity contribution in [2.45, 2.75) is 136 Å². The molecule has 35 heavy (non-hydrogen) atoms. The highest BCUT2D eigenvalue weighted by Gasteiger charge is 2.34. The van der Waals surface area contributed by atoms with Crippen molar-refractivity contribution >= 4 is 5.97 Å². The Morgan fingerprint density at radius 3 is 1.57 bits per heavy atom. The average Bonchev–Trinajstić information content (AvgIpc) is 2.88. The van der Waals surface area contributed by atoms with E-state index >= 15 is 0 Å². The van der Waals surface area contributed by atoms with Gasteiger partial charge in [0.2, 0.25) is 0 Å². The number of rotatable bonds is 9. The number of carbonyl (C=O) groups is 1. The van der Waals surface area contributed by atoms with Crippen molar-refractivity contribution in [3.8, 4) is 23.7 Å². The van der Waals surface area contributed by atoms with Crippen LogP contribution in [0.1, 0.15) is 136 Å². The lowest BCUT2D eigenvalue weighted by Crippen LogP contribution is -2.30. The van der Waals surface area contributed by atoms with Crippen LogP contribution in [0.15, 0.2) is 0 Å². The van der Waals surface area contributed by atoms with Crippen molar-refractivity contribution in [1.29, 1.82) is 0 Å². The van der Waals surface area contributed by atoms with Crippen LogP contribution in [0.3, 0.4) is 0 Å². The number of aliphatic carboxylic acids is 1. The molecule has 0 amide bonds. The highest BCUT2D eigenvalue weighted by Crippen LogP contribution is 2.36. The smallest absolute Gasteiger partial charge is 0.307 e. The molecule has 2 heteroatoms. The number of carboxylic acid groups (broad SMARTS) is 1. The zero-order valence-corrected chi connectivity index (χ0v) is 22.8. The average molecular weight is 481 g/mol. The maximum absolute atomic E-state index is 12.1. The van der Waals surface area contributed by atoms with Gasteiger partial charge in [0.15, 0.2) is 0 Å². The molecule has 3 aliphatic carbocycles. The molecule has 3 rings (SSSR count). The number of unbranched alkanes of at least 4 members (excludes halogenated alkanes) is 4. The van der Waals surface area contributed by atoms with Gasteiger partial charge in [-0.25, -0.2) is 0 Å². The van der Waals surface area contributed by atoms with Gasteiger partial charge >= 0.3 is 5.97 Å². The minimum atomic E-state index is -0.664. The van der Waals surface area contributed by atoms with E-state index in [9.17, 15) is 9.90 Å². The third-order valence-electron chi connectivity index (χ3n) is 9.26. The number of hydrogen-bond acceptors (Lipinski definition) is 1. The van der Waals surface area contributed by atoms with Gasteiger partial charge in [0.25, 0.3) is 0 Å². The Hall–Kier alpha value is -1.41. The van der Waals surface area contributed by atoms with E-state index in [0.29, 0.717) is 18.3 Å². The van der Waals surface area contributed by atoms with Crippen LogP contribution in [0.4, 0.5) is 0 Å².